The fraction of sp³-hybridized carbons (Fsp3) is 0.324. The van der Waals surface area contributed by atoms with Crippen molar-refractivity contribution in [3.8, 4) is 17.6 Å². The average molecular weight is 621 g/mol. The fourth-order valence-electron chi connectivity index (χ4n) is 6.17. The van der Waals surface area contributed by atoms with Gasteiger partial charge in [0.15, 0.2) is 0 Å². The summed E-state index contributed by atoms with van der Waals surface area (Å²) in [5, 5.41) is 15.8. The minimum absolute atomic E-state index is 0.187. The van der Waals surface area contributed by atoms with Crippen molar-refractivity contribution in [2.45, 2.75) is 55.0 Å². The maximum atomic E-state index is 13.8. The van der Waals surface area contributed by atoms with Gasteiger partial charge in [0, 0.05) is 37.0 Å². The molecule has 2 fully saturated rings. The largest absolute Gasteiger partial charge is 0.457 e. The molecule has 2 unspecified atom stereocenters. The van der Waals surface area contributed by atoms with Gasteiger partial charge < -0.3 is 20.3 Å². The number of pyridine rings is 1. The average Bonchev–Trinajstić information content (AvgIpc) is 3.80. The number of nitriles is 1. The fourth-order valence-corrected chi connectivity index (χ4v) is 7.41. The van der Waals surface area contributed by atoms with Crippen molar-refractivity contribution in [2.24, 2.45) is 5.92 Å². The number of ether oxygens (including phenoxy) is 1. The molecular weight excluding hydrogens is 588 g/mol. The van der Waals surface area contributed by atoms with E-state index < -0.39 is 11.3 Å². The van der Waals surface area contributed by atoms with Gasteiger partial charge in [-0.15, -0.1) is 0 Å². The Balaban J connectivity index is 1.09. The predicted molar refractivity (Wildman–Crippen MR) is 169 cm³/mol. The number of hydrogen-bond donors (Lipinski definition) is 2. The summed E-state index contributed by atoms with van der Waals surface area (Å²) < 4.78 is 6.06. The Labute approximate surface area is 265 Å². The highest BCUT2D eigenvalue weighted by molar-refractivity contribution is 8.01. The zero-order valence-corrected chi connectivity index (χ0v) is 25.5. The van der Waals surface area contributed by atoms with Gasteiger partial charge in [-0.05, 0) is 68.4 Å². The van der Waals surface area contributed by atoms with E-state index in [2.05, 4.69) is 21.7 Å². The van der Waals surface area contributed by atoms with Crippen LogP contribution < -0.4 is 20.3 Å². The van der Waals surface area contributed by atoms with E-state index in [9.17, 15) is 19.6 Å². The van der Waals surface area contributed by atoms with Crippen molar-refractivity contribution >= 4 is 41.0 Å². The molecule has 2 aromatic carbocycles. The maximum Gasteiger partial charge on any atom is 0.327 e. The standard InChI is InChI=1S/C34H32N6O4S/c1-20-9-12-25(44-24-7-3-2-4-8-24)17-27(20)40-26-13-14-36-32-28(26)29(38-34(40)43)30(45-32)31(41)37-23-6-5-15-39(19-23)33(42)22(18-35)16-21-10-11-21/h2-4,7-9,12-14,16-17,21,23,29-30H,5-6,10-11,15,19H2,1H3,(H,37,41)(H,38,43)/b22-16+/t23?,29?,30-/m0/s1. The second-order valence-electron chi connectivity index (χ2n) is 11.8. The highest BCUT2D eigenvalue weighted by Gasteiger charge is 2.47. The number of aryl methyl sites for hydroxylation is 1. The number of piperidine rings is 1. The number of urea groups is 1. The number of nitrogens with one attached hydrogen (secondary N) is 2. The Morgan fingerprint density at radius 1 is 1.11 bits per heavy atom. The van der Waals surface area contributed by atoms with Crippen LogP contribution in [0.25, 0.3) is 0 Å². The van der Waals surface area contributed by atoms with E-state index in [1.165, 1.54) is 11.8 Å². The molecule has 2 N–H and O–H groups in total. The number of allylic oxidation sites excluding steroid dienone is 1. The number of carbonyl (C=O) groups is 3. The number of para-hydroxylation sites is 1. The van der Waals surface area contributed by atoms with Crippen LogP contribution in [-0.2, 0) is 9.59 Å². The molecule has 10 nitrogen and oxygen atoms in total. The van der Waals surface area contributed by atoms with Crippen LogP contribution >= 0.6 is 11.8 Å². The van der Waals surface area contributed by atoms with E-state index in [1.807, 2.05) is 61.5 Å². The molecule has 4 aliphatic rings. The predicted octanol–water partition coefficient (Wildman–Crippen LogP) is 5.53. The molecule has 0 spiro atoms. The lowest BCUT2D eigenvalue weighted by Gasteiger charge is -2.36. The topological polar surface area (TPSA) is 128 Å². The van der Waals surface area contributed by atoms with Gasteiger partial charge in [-0.3, -0.25) is 14.5 Å². The van der Waals surface area contributed by atoms with Gasteiger partial charge in [0.05, 0.1) is 17.4 Å². The second kappa shape index (κ2) is 11.9. The maximum absolute atomic E-state index is 13.8. The van der Waals surface area contributed by atoms with E-state index in [-0.39, 0.29) is 29.5 Å². The van der Waals surface area contributed by atoms with Gasteiger partial charge >= 0.3 is 6.03 Å². The van der Waals surface area contributed by atoms with Crippen LogP contribution in [0.3, 0.4) is 0 Å². The molecule has 1 aromatic heterocycles. The lowest BCUT2D eigenvalue weighted by atomic mass is 9.98. The van der Waals surface area contributed by atoms with Crippen molar-refractivity contribution in [1.29, 1.82) is 5.26 Å². The van der Waals surface area contributed by atoms with Crippen LogP contribution in [0.4, 0.5) is 16.2 Å². The molecule has 45 heavy (non-hydrogen) atoms. The number of nitrogens with zero attached hydrogens (tertiary/aromatic N) is 4. The zero-order chi connectivity index (χ0) is 31.1. The molecule has 3 aromatic rings. The molecule has 1 saturated carbocycles. The Morgan fingerprint density at radius 3 is 2.71 bits per heavy atom. The zero-order valence-electron chi connectivity index (χ0n) is 24.7. The number of benzene rings is 2. The highest BCUT2D eigenvalue weighted by Crippen LogP contribution is 2.51. The number of thioether (sulfide) groups is 1. The van der Waals surface area contributed by atoms with E-state index in [4.69, 9.17) is 4.74 Å². The number of amides is 4. The number of carbonyl (C=O) groups excluding carboxylic acids is 3. The first-order valence-corrected chi connectivity index (χ1v) is 16.1. The van der Waals surface area contributed by atoms with Crippen molar-refractivity contribution < 1.29 is 19.1 Å². The van der Waals surface area contributed by atoms with Gasteiger partial charge in [0.2, 0.25) is 5.91 Å². The van der Waals surface area contributed by atoms with Crippen LogP contribution in [0.15, 0.2) is 77.5 Å². The Kier molecular flexibility index (Phi) is 7.67. The third-order valence-corrected chi connectivity index (χ3v) is 9.88. The van der Waals surface area contributed by atoms with Crippen molar-refractivity contribution in [2.75, 3.05) is 18.0 Å². The summed E-state index contributed by atoms with van der Waals surface area (Å²) in [6.45, 7) is 2.83. The third-order valence-electron chi connectivity index (χ3n) is 8.59. The van der Waals surface area contributed by atoms with Crippen molar-refractivity contribution in [3.63, 3.8) is 0 Å². The summed E-state index contributed by atoms with van der Waals surface area (Å²) >= 11 is 1.34. The molecule has 3 atom stereocenters. The number of aromatic nitrogens is 1. The first kappa shape index (κ1) is 28.9. The van der Waals surface area contributed by atoms with Crippen LogP contribution in [0.1, 0.15) is 42.9 Å². The molecular formula is C34H32N6O4S. The Hall–Kier alpha value is -4.82. The second-order valence-corrected chi connectivity index (χ2v) is 13.0. The molecule has 7 rings (SSSR count). The first-order chi connectivity index (χ1) is 21.9. The molecule has 4 heterocycles. The normalized spacial score (nSPS) is 22.3. The SMILES string of the molecule is Cc1ccc(Oc2ccccc2)cc1N1C(=O)NC2c3c1ccnc3S[C@@H]2C(=O)NC1CCCN(C(=O)/C(C#N)=C/C2CC2)C1. The van der Waals surface area contributed by atoms with Crippen LogP contribution in [0.5, 0.6) is 11.5 Å². The van der Waals surface area contributed by atoms with E-state index in [0.29, 0.717) is 46.9 Å². The third kappa shape index (κ3) is 5.73. The molecule has 1 aliphatic carbocycles. The smallest absolute Gasteiger partial charge is 0.327 e. The van der Waals surface area contributed by atoms with Gasteiger partial charge in [-0.1, -0.05) is 42.1 Å². The van der Waals surface area contributed by atoms with Gasteiger partial charge in [-0.25, -0.2) is 9.78 Å². The van der Waals surface area contributed by atoms with Crippen molar-refractivity contribution in [1.82, 2.24) is 20.5 Å². The van der Waals surface area contributed by atoms with Crippen molar-refractivity contribution in [3.05, 3.63) is 83.6 Å². The summed E-state index contributed by atoms with van der Waals surface area (Å²) in [5.74, 6) is 1.12. The van der Waals surface area contributed by atoms with Crippen LogP contribution in [-0.4, -0.2) is 52.1 Å². The number of likely N-dealkylation sites (tertiary alicyclic amines) is 1. The number of rotatable bonds is 7. The minimum atomic E-state index is -0.621. The highest BCUT2D eigenvalue weighted by atomic mass is 32.2. The summed E-state index contributed by atoms with van der Waals surface area (Å²) in [6.07, 6.45) is 6.92. The quantitative estimate of drug-likeness (QED) is 0.263. The lowest BCUT2D eigenvalue weighted by Crippen LogP contribution is -2.54. The first-order valence-electron chi connectivity index (χ1n) is 15.2. The van der Waals surface area contributed by atoms with Crippen LogP contribution in [0.2, 0.25) is 0 Å². The summed E-state index contributed by atoms with van der Waals surface area (Å²) in [7, 11) is 0. The van der Waals surface area contributed by atoms with Gasteiger partial charge in [0.25, 0.3) is 5.91 Å². The molecule has 0 bridgehead atoms. The van der Waals surface area contributed by atoms with E-state index >= 15 is 0 Å². The molecule has 0 radical (unpaired) electrons. The number of anilines is 2. The number of hydrogen-bond acceptors (Lipinski definition) is 7. The molecule has 11 heteroatoms. The Bertz CT molecular complexity index is 1750. The van der Waals surface area contributed by atoms with Gasteiger partial charge in [0.1, 0.15) is 33.4 Å². The molecule has 1 saturated heterocycles. The molecule has 3 aliphatic heterocycles. The summed E-state index contributed by atoms with van der Waals surface area (Å²) in [6, 6.07) is 17.8. The van der Waals surface area contributed by atoms with E-state index in [1.54, 1.807) is 22.1 Å². The lowest BCUT2D eigenvalue weighted by molar-refractivity contribution is -0.129. The minimum Gasteiger partial charge on any atom is -0.457 e. The Morgan fingerprint density at radius 2 is 1.93 bits per heavy atom. The van der Waals surface area contributed by atoms with Crippen LogP contribution in [0, 0.1) is 24.2 Å². The monoisotopic (exact) mass is 620 g/mol. The van der Waals surface area contributed by atoms with Gasteiger partial charge in [-0.2, -0.15) is 5.26 Å². The molecule has 4 amide bonds. The van der Waals surface area contributed by atoms with E-state index in [0.717, 1.165) is 36.8 Å². The summed E-state index contributed by atoms with van der Waals surface area (Å²) in [4.78, 5) is 48.4. The summed E-state index contributed by atoms with van der Waals surface area (Å²) in [5.41, 5.74) is 3.23. The molecule has 228 valence electrons.